The van der Waals surface area contributed by atoms with Crippen molar-refractivity contribution in [3.8, 4) is 11.5 Å². The van der Waals surface area contributed by atoms with Crippen molar-refractivity contribution in [2.24, 2.45) is 0 Å². The number of hydrogen-bond donors (Lipinski definition) is 2. The van der Waals surface area contributed by atoms with Crippen LogP contribution in [0.1, 0.15) is 39.3 Å². The number of thiocarbonyl (C=S) groups is 1. The van der Waals surface area contributed by atoms with Gasteiger partial charge in [-0.15, -0.1) is 0 Å². The highest BCUT2D eigenvalue weighted by molar-refractivity contribution is 7.80. The van der Waals surface area contributed by atoms with Crippen LogP contribution < -0.4 is 20.1 Å². The number of hydrogen-bond acceptors (Lipinski definition) is 5. The van der Waals surface area contributed by atoms with Crippen LogP contribution in [0.4, 0.5) is 0 Å². The van der Waals surface area contributed by atoms with Gasteiger partial charge in [-0.05, 0) is 57.6 Å². The zero-order chi connectivity index (χ0) is 18.2. The third kappa shape index (κ3) is 3.87. The first-order valence-electron chi connectivity index (χ1n) is 8.16. The van der Waals surface area contributed by atoms with Crippen molar-refractivity contribution in [3.63, 3.8) is 0 Å². The summed E-state index contributed by atoms with van der Waals surface area (Å²) in [6.07, 6.45) is 0. The van der Waals surface area contributed by atoms with E-state index in [1.165, 1.54) is 0 Å². The SMILES string of the molecule is CC1=C(C(=O)OC(C)(C)C)[C@@H](c2ccc3c(c2)OCCO3)NC(=S)N1. The van der Waals surface area contributed by atoms with E-state index in [2.05, 4.69) is 10.6 Å². The van der Waals surface area contributed by atoms with Gasteiger partial charge in [0.1, 0.15) is 18.8 Å². The number of carbonyl (C=O) groups is 1. The molecule has 7 heteroatoms. The molecule has 0 unspecified atom stereocenters. The Morgan fingerprint density at radius 3 is 2.60 bits per heavy atom. The monoisotopic (exact) mass is 362 g/mol. The van der Waals surface area contributed by atoms with Crippen molar-refractivity contribution in [2.45, 2.75) is 39.3 Å². The van der Waals surface area contributed by atoms with Gasteiger partial charge in [0.25, 0.3) is 0 Å². The number of ether oxygens (including phenoxy) is 3. The zero-order valence-corrected chi connectivity index (χ0v) is 15.6. The molecule has 1 aromatic rings. The summed E-state index contributed by atoms with van der Waals surface area (Å²) in [7, 11) is 0. The Bertz CT molecular complexity index is 752. The molecule has 0 saturated heterocycles. The molecule has 134 valence electrons. The molecule has 0 amide bonds. The van der Waals surface area contributed by atoms with Crippen LogP contribution in [0.25, 0.3) is 0 Å². The van der Waals surface area contributed by atoms with Gasteiger partial charge in [0.2, 0.25) is 0 Å². The fourth-order valence-electron chi connectivity index (χ4n) is 2.79. The van der Waals surface area contributed by atoms with Gasteiger partial charge in [-0.3, -0.25) is 0 Å². The van der Waals surface area contributed by atoms with Crippen molar-refractivity contribution in [1.29, 1.82) is 0 Å². The molecule has 3 rings (SSSR count). The summed E-state index contributed by atoms with van der Waals surface area (Å²) < 4.78 is 16.8. The summed E-state index contributed by atoms with van der Waals surface area (Å²) in [5.41, 5.74) is 1.45. The molecule has 0 bridgehead atoms. The molecule has 0 radical (unpaired) electrons. The lowest BCUT2D eigenvalue weighted by Crippen LogP contribution is -2.45. The summed E-state index contributed by atoms with van der Waals surface area (Å²) in [5.74, 6) is 0.981. The Balaban J connectivity index is 1.98. The second-order valence-electron chi connectivity index (χ2n) is 6.98. The van der Waals surface area contributed by atoms with Crippen LogP contribution in [0, 0.1) is 0 Å². The van der Waals surface area contributed by atoms with E-state index in [9.17, 15) is 4.79 Å². The third-order valence-corrected chi connectivity index (χ3v) is 4.01. The van der Waals surface area contributed by atoms with Crippen molar-refractivity contribution >= 4 is 23.3 Å². The number of rotatable bonds is 2. The molecule has 0 spiro atoms. The van der Waals surface area contributed by atoms with Crippen LogP contribution in [0.15, 0.2) is 29.5 Å². The summed E-state index contributed by atoms with van der Waals surface area (Å²) in [6.45, 7) is 8.38. The smallest absolute Gasteiger partial charge is 0.338 e. The maximum Gasteiger partial charge on any atom is 0.338 e. The summed E-state index contributed by atoms with van der Waals surface area (Å²) in [5, 5.41) is 6.62. The van der Waals surface area contributed by atoms with E-state index in [4.69, 9.17) is 26.4 Å². The van der Waals surface area contributed by atoms with Crippen molar-refractivity contribution < 1.29 is 19.0 Å². The second-order valence-corrected chi connectivity index (χ2v) is 7.38. The van der Waals surface area contributed by atoms with Crippen LogP contribution >= 0.6 is 12.2 Å². The minimum Gasteiger partial charge on any atom is -0.486 e. The molecular formula is C18H22N2O4S. The largest absolute Gasteiger partial charge is 0.486 e. The van der Waals surface area contributed by atoms with Gasteiger partial charge in [-0.2, -0.15) is 0 Å². The molecule has 2 heterocycles. The highest BCUT2D eigenvalue weighted by Gasteiger charge is 2.33. The molecular weight excluding hydrogens is 340 g/mol. The van der Waals surface area contributed by atoms with Crippen LogP contribution in [-0.4, -0.2) is 29.9 Å². The number of carbonyl (C=O) groups excluding carboxylic acids is 1. The van der Waals surface area contributed by atoms with Crippen LogP contribution in [-0.2, 0) is 9.53 Å². The Labute approximate surface area is 152 Å². The molecule has 6 nitrogen and oxygen atoms in total. The predicted octanol–water partition coefficient (Wildman–Crippen LogP) is 2.59. The highest BCUT2D eigenvalue weighted by Crippen LogP contribution is 2.36. The maximum absolute atomic E-state index is 12.7. The molecule has 1 atom stereocenters. The van der Waals surface area contributed by atoms with Crippen LogP contribution in [0.3, 0.4) is 0 Å². The number of allylic oxidation sites excluding steroid dienone is 1. The molecule has 0 saturated carbocycles. The lowest BCUT2D eigenvalue weighted by atomic mass is 9.95. The number of benzene rings is 1. The van der Waals surface area contributed by atoms with E-state index in [1.54, 1.807) is 0 Å². The van der Waals surface area contributed by atoms with E-state index in [1.807, 2.05) is 45.9 Å². The minimum absolute atomic E-state index is 0.382. The quantitative estimate of drug-likeness (QED) is 0.619. The summed E-state index contributed by atoms with van der Waals surface area (Å²) in [6, 6.07) is 5.20. The Kier molecular flexibility index (Phi) is 4.60. The number of nitrogens with one attached hydrogen (secondary N) is 2. The molecule has 0 aliphatic carbocycles. The van der Waals surface area contributed by atoms with E-state index in [0.29, 0.717) is 41.1 Å². The highest BCUT2D eigenvalue weighted by atomic mass is 32.1. The van der Waals surface area contributed by atoms with Gasteiger partial charge in [0, 0.05) is 5.70 Å². The average Bonchev–Trinajstić information content (AvgIpc) is 2.51. The maximum atomic E-state index is 12.7. The van der Waals surface area contributed by atoms with Crippen molar-refractivity contribution in [2.75, 3.05) is 13.2 Å². The van der Waals surface area contributed by atoms with Gasteiger partial charge in [0.05, 0.1) is 11.6 Å². The Morgan fingerprint density at radius 2 is 1.92 bits per heavy atom. The lowest BCUT2D eigenvalue weighted by Gasteiger charge is -2.32. The Hall–Kier alpha value is -2.28. The first-order valence-corrected chi connectivity index (χ1v) is 8.56. The van der Waals surface area contributed by atoms with E-state index in [-0.39, 0.29) is 5.97 Å². The average molecular weight is 362 g/mol. The fourth-order valence-corrected chi connectivity index (χ4v) is 3.06. The van der Waals surface area contributed by atoms with E-state index < -0.39 is 11.6 Å². The predicted molar refractivity (Wildman–Crippen MR) is 97.6 cm³/mol. The number of fused-ring (bicyclic) bond motifs is 1. The lowest BCUT2D eigenvalue weighted by molar-refractivity contribution is -0.150. The van der Waals surface area contributed by atoms with Crippen LogP contribution in [0.2, 0.25) is 0 Å². The minimum atomic E-state index is -0.584. The zero-order valence-electron chi connectivity index (χ0n) is 14.8. The summed E-state index contributed by atoms with van der Waals surface area (Å²) in [4.78, 5) is 12.7. The second kappa shape index (κ2) is 6.55. The van der Waals surface area contributed by atoms with Crippen molar-refractivity contribution in [3.05, 3.63) is 35.0 Å². The molecule has 2 aliphatic rings. The first-order chi connectivity index (χ1) is 11.7. The van der Waals surface area contributed by atoms with Crippen molar-refractivity contribution in [1.82, 2.24) is 10.6 Å². The molecule has 0 fully saturated rings. The van der Waals surface area contributed by atoms with Gasteiger partial charge in [-0.1, -0.05) is 6.07 Å². The molecule has 25 heavy (non-hydrogen) atoms. The fraction of sp³-hybridized carbons (Fsp3) is 0.444. The topological polar surface area (TPSA) is 68.8 Å². The van der Waals surface area contributed by atoms with E-state index >= 15 is 0 Å². The van der Waals surface area contributed by atoms with E-state index in [0.717, 1.165) is 5.56 Å². The summed E-state index contributed by atoms with van der Waals surface area (Å²) >= 11 is 5.27. The number of esters is 1. The van der Waals surface area contributed by atoms with Gasteiger partial charge in [-0.25, -0.2) is 4.79 Å². The Morgan fingerprint density at radius 1 is 1.24 bits per heavy atom. The standard InChI is InChI=1S/C18H22N2O4S/c1-10-14(16(21)24-18(2,3)4)15(20-17(25)19-10)11-5-6-12-13(9-11)23-8-7-22-12/h5-6,9,15H,7-8H2,1-4H3,(H2,19,20,25)/t15-/m1/s1. The van der Waals surface area contributed by atoms with Gasteiger partial charge in [0.15, 0.2) is 16.6 Å². The normalized spacial score (nSPS) is 19.8. The van der Waals surface area contributed by atoms with Crippen LogP contribution in [0.5, 0.6) is 11.5 Å². The molecule has 2 N–H and O–H groups in total. The molecule has 2 aliphatic heterocycles. The van der Waals surface area contributed by atoms with Gasteiger partial charge < -0.3 is 24.8 Å². The molecule has 0 aromatic heterocycles. The first kappa shape index (κ1) is 17.5. The molecule has 1 aromatic carbocycles. The third-order valence-electron chi connectivity index (χ3n) is 3.79. The van der Waals surface area contributed by atoms with Gasteiger partial charge >= 0.3 is 5.97 Å².